The molecule has 0 heterocycles. The molecule has 12 heteroatoms. The molecule has 0 aliphatic heterocycles. The first-order valence-corrected chi connectivity index (χ1v) is 10.2. The lowest BCUT2D eigenvalue weighted by atomic mass is 10.1. The topological polar surface area (TPSA) is 86.0 Å². The van der Waals surface area contributed by atoms with Crippen molar-refractivity contribution < 1.29 is 27.6 Å². The Bertz CT molecular complexity index is 1240. The van der Waals surface area contributed by atoms with Gasteiger partial charge in [-0.05, 0) is 35.9 Å². The van der Waals surface area contributed by atoms with E-state index in [0.717, 1.165) is 17.7 Å². The van der Waals surface area contributed by atoms with Crippen LogP contribution in [-0.2, 0) is 12.8 Å². The van der Waals surface area contributed by atoms with Crippen molar-refractivity contribution in [2.24, 2.45) is 5.10 Å². The molecule has 0 radical (unpaired) electrons. The zero-order valence-corrected chi connectivity index (χ0v) is 18.9. The number of rotatable bonds is 8. The van der Waals surface area contributed by atoms with Gasteiger partial charge in [-0.2, -0.15) is 18.3 Å². The summed E-state index contributed by atoms with van der Waals surface area (Å²) < 4.78 is 49.6. The van der Waals surface area contributed by atoms with Gasteiger partial charge < -0.3 is 9.47 Å². The van der Waals surface area contributed by atoms with E-state index in [4.69, 9.17) is 32.7 Å². The number of ether oxygens (including phenoxy) is 2. The lowest BCUT2D eigenvalue weighted by Crippen LogP contribution is -2.06. The number of nitro benzene ring substituents is 1. The first kappa shape index (κ1) is 25.1. The predicted octanol–water partition coefficient (Wildman–Crippen LogP) is 6.95. The number of nitro groups is 1. The monoisotopic (exact) mass is 513 g/mol. The van der Waals surface area contributed by atoms with Crippen LogP contribution in [0.25, 0.3) is 0 Å². The molecule has 0 bridgehead atoms. The van der Waals surface area contributed by atoms with E-state index in [-0.39, 0.29) is 23.1 Å². The Hall–Kier alpha value is -3.50. The number of halogens is 5. The normalized spacial score (nSPS) is 11.5. The van der Waals surface area contributed by atoms with Crippen molar-refractivity contribution >= 4 is 40.8 Å². The molecule has 3 rings (SSSR count). The molecule has 0 spiro atoms. The average Bonchev–Trinajstić information content (AvgIpc) is 2.78. The first-order valence-electron chi connectivity index (χ1n) is 9.48. The molecule has 7 nitrogen and oxygen atoms in total. The van der Waals surface area contributed by atoms with E-state index in [1.807, 2.05) is 6.07 Å². The Kier molecular flexibility index (Phi) is 7.85. The third-order valence-corrected chi connectivity index (χ3v) is 5.15. The molecule has 0 aliphatic carbocycles. The number of alkyl halides is 3. The van der Waals surface area contributed by atoms with Crippen LogP contribution in [0.5, 0.6) is 11.5 Å². The largest absolute Gasteiger partial charge is 0.493 e. The van der Waals surface area contributed by atoms with Crippen LogP contribution in [-0.4, -0.2) is 18.2 Å². The van der Waals surface area contributed by atoms with Crippen molar-refractivity contribution in [1.82, 2.24) is 0 Å². The number of hydrogen-bond acceptors (Lipinski definition) is 6. The Balaban J connectivity index is 1.78. The second-order valence-corrected chi connectivity index (χ2v) is 7.59. The highest BCUT2D eigenvalue weighted by Crippen LogP contribution is 2.37. The maximum atomic E-state index is 12.8. The van der Waals surface area contributed by atoms with Crippen molar-refractivity contribution in [1.29, 1.82) is 0 Å². The summed E-state index contributed by atoms with van der Waals surface area (Å²) in [6.07, 6.45) is -3.44. The minimum absolute atomic E-state index is 0.141. The van der Waals surface area contributed by atoms with Gasteiger partial charge in [0.2, 0.25) is 0 Å². The highest BCUT2D eigenvalue weighted by atomic mass is 35.5. The number of nitrogens with one attached hydrogen (secondary N) is 1. The van der Waals surface area contributed by atoms with Gasteiger partial charge in [0.15, 0.2) is 11.5 Å². The van der Waals surface area contributed by atoms with Gasteiger partial charge in [-0.25, -0.2) is 0 Å². The summed E-state index contributed by atoms with van der Waals surface area (Å²) in [6, 6.07) is 12.3. The van der Waals surface area contributed by atoms with Crippen molar-refractivity contribution in [2.75, 3.05) is 12.5 Å². The number of hydrazone groups is 1. The molecule has 0 aromatic heterocycles. The summed E-state index contributed by atoms with van der Waals surface area (Å²) in [5.41, 5.74) is 1.43. The van der Waals surface area contributed by atoms with E-state index in [1.54, 1.807) is 24.3 Å². The molecular weight excluding hydrogens is 498 g/mol. The van der Waals surface area contributed by atoms with Gasteiger partial charge in [-0.15, -0.1) is 0 Å². The lowest BCUT2D eigenvalue weighted by molar-refractivity contribution is -0.384. The molecular formula is C22H16Cl2F3N3O4. The highest BCUT2D eigenvalue weighted by molar-refractivity contribution is 6.32. The highest BCUT2D eigenvalue weighted by Gasteiger charge is 2.33. The van der Waals surface area contributed by atoms with Crippen LogP contribution in [0.15, 0.2) is 59.7 Å². The fraction of sp³-hybridized carbons (Fsp3) is 0.136. The Morgan fingerprint density at radius 1 is 1.12 bits per heavy atom. The molecule has 0 amide bonds. The number of anilines is 1. The van der Waals surface area contributed by atoms with Crippen molar-refractivity contribution in [3.63, 3.8) is 0 Å². The molecule has 178 valence electrons. The SMILES string of the molecule is COc1cc(/C=N\Nc2ccc(C(F)(F)F)cc2[N+](=O)[O-])cc(Cl)c1OCc1ccccc1Cl. The fourth-order valence-corrected chi connectivity index (χ4v) is 3.31. The van der Waals surface area contributed by atoms with Gasteiger partial charge in [0.25, 0.3) is 5.69 Å². The van der Waals surface area contributed by atoms with E-state index in [2.05, 4.69) is 10.5 Å². The summed E-state index contributed by atoms with van der Waals surface area (Å²) in [5.74, 6) is 0.564. The predicted molar refractivity (Wildman–Crippen MR) is 123 cm³/mol. The average molecular weight is 514 g/mol. The van der Waals surface area contributed by atoms with E-state index in [1.165, 1.54) is 19.4 Å². The maximum Gasteiger partial charge on any atom is 0.416 e. The van der Waals surface area contributed by atoms with Gasteiger partial charge in [-0.3, -0.25) is 15.5 Å². The van der Waals surface area contributed by atoms with Crippen LogP contribution < -0.4 is 14.9 Å². The number of nitrogens with zero attached hydrogens (tertiary/aromatic N) is 2. The van der Waals surface area contributed by atoms with Crippen LogP contribution in [0.1, 0.15) is 16.7 Å². The van der Waals surface area contributed by atoms with Crippen LogP contribution in [0.2, 0.25) is 10.0 Å². The van der Waals surface area contributed by atoms with Crippen LogP contribution in [0.3, 0.4) is 0 Å². The van der Waals surface area contributed by atoms with Crippen LogP contribution in [0.4, 0.5) is 24.5 Å². The molecule has 0 fully saturated rings. The van der Waals surface area contributed by atoms with Gasteiger partial charge in [0.05, 0.1) is 28.8 Å². The van der Waals surface area contributed by atoms with E-state index < -0.39 is 22.4 Å². The fourth-order valence-electron chi connectivity index (χ4n) is 2.85. The summed E-state index contributed by atoms with van der Waals surface area (Å²) in [4.78, 5) is 10.2. The smallest absolute Gasteiger partial charge is 0.416 e. The minimum atomic E-state index is -4.71. The standard InChI is InChI=1S/C22H16Cl2F3N3O4/c1-33-20-9-13(8-17(24)21(20)34-12-14-4-2-3-5-16(14)23)11-28-29-18-7-6-15(22(25,26)27)10-19(18)30(31)32/h2-11,29H,12H2,1H3/b28-11-. The molecule has 0 atom stereocenters. The Labute approximate surface area is 201 Å². The lowest BCUT2D eigenvalue weighted by Gasteiger charge is -2.14. The van der Waals surface area contributed by atoms with Crippen molar-refractivity contribution in [3.05, 3.63) is 91.4 Å². The zero-order valence-electron chi connectivity index (χ0n) is 17.4. The van der Waals surface area contributed by atoms with E-state index in [9.17, 15) is 23.3 Å². The first-order chi connectivity index (χ1) is 16.1. The summed E-state index contributed by atoms with van der Waals surface area (Å²) >= 11 is 12.5. The van der Waals surface area contributed by atoms with E-state index >= 15 is 0 Å². The van der Waals surface area contributed by atoms with Gasteiger partial charge in [0, 0.05) is 16.7 Å². The maximum absolute atomic E-state index is 12.8. The molecule has 1 N–H and O–H groups in total. The molecule has 3 aromatic rings. The van der Waals surface area contributed by atoms with Crippen LogP contribution in [0, 0.1) is 10.1 Å². The summed E-state index contributed by atoms with van der Waals surface area (Å²) in [5, 5.41) is 15.8. The van der Waals surface area contributed by atoms with Crippen molar-refractivity contribution in [2.45, 2.75) is 12.8 Å². The second-order valence-electron chi connectivity index (χ2n) is 6.77. The molecule has 0 saturated heterocycles. The quantitative estimate of drug-likeness (QED) is 0.200. The van der Waals surface area contributed by atoms with Gasteiger partial charge in [0.1, 0.15) is 12.3 Å². The second kappa shape index (κ2) is 10.6. The molecule has 0 saturated carbocycles. The van der Waals surface area contributed by atoms with Gasteiger partial charge >= 0.3 is 6.18 Å². The van der Waals surface area contributed by atoms with Crippen LogP contribution >= 0.6 is 23.2 Å². The molecule has 0 aliphatic rings. The number of hydrogen-bond donors (Lipinski definition) is 1. The van der Waals surface area contributed by atoms with Gasteiger partial charge in [-0.1, -0.05) is 41.4 Å². The Morgan fingerprint density at radius 3 is 2.50 bits per heavy atom. The zero-order chi connectivity index (χ0) is 24.9. The Morgan fingerprint density at radius 2 is 1.85 bits per heavy atom. The number of methoxy groups -OCH3 is 1. The number of benzene rings is 3. The third kappa shape index (κ3) is 6.09. The minimum Gasteiger partial charge on any atom is -0.493 e. The molecule has 3 aromatic carbocycles. The molecule has 34 heavy (non-hydrogen) atoms. The van der Waals surface area contributed by atoms with Crippen molar-refractivity contribution in [3.8, 4) is 11.5 Å². The summed E-state index contributed by atoms with van der Waals surface area (Å²) in [6.45, 7) is 0.141. The third-order valence-electron chi connectivity index (χ3n) is 4.50. The summed E-state index contributed by atoms with van der Waals surface area (Å²) in [7, 11) is 1.42. The van der Waals surface area contributed by atoms with E-state index in [0.29, 0.717) is 22.4 Å². The molecule has 0 unspecified atom stereocenters.